The molecule has 2 aliphatic rings. The first-order valence-corrected chi connectivity index (χ1v) is 11.5. The van der Waals surface area contributed by atoms with Crippen LogP contribution in [0.25, 0.3) is 0 Å². The number of aryl methyl sites for hydroxylation is 1. The monoisotopic (exact) mass is 415 g/mol. The molecule has 2 aromatic rings. The molecule has 1 aliphatic carbocycles. The number of aromatic nitrogens is 3. The Kier molecular flexibility index (Phi) is 4.63. The van der Waals surface area contributed by atoms with E-state index >= 15 is 0 Å². The Morgan fingerprint density at radius 1 is 1.24 bits per heavy atom. The van der Waals surface area contributed by atoms with Crippen molar-refractivity contribution in [1.29, 1.82) is 0 Å². The zero-order valence-electron chi connectivity index (χ0n) is 19.1. The predicted molar refractivity (Wildman–Crippen MR) is 117 cm³/mol. The van der Waals surface area contributed by atoms with Crippen molar-refractivity contribution in [2.24, 2.45) is 5.92 Å². The highest BCUT2D eigenvalue weighted by Crippen LogP contribution is 2.57. The summed E-state index contributed by atoms with van der Waals surface area (Å²) in [6.07, 6.45) is 3.12. The van der Waals surface area contributed by atoms with E-state index in [0.717, 1.165) is 18.7 Å². The Morgan fingerprint density at radius 2 is 1.90 bits per heavy atom. The first-order chi connectivity index (χ1) is 13.4. The molecule has 0 amide bonds. The van der Waals surface area contributed by atoms with Gasteiger partial charge < -0.3 is 10.5 Å². The second-order valence-electron chi connectivity index (χ2n) is 10.4. The van der Waals surface area contributed by atoms with Crippen molar-refractivity contribution in [3.63, 3.8) is 0 Å². The van der Waals surface area contributed by atoms with E-state index in [0.29, 0.717) is 23.5 Å². The molecule has 4 rings (SSSR count). The molecule has 2 N–H and O–H groups in total. The van der Waals surface area contributed by atoms with Gasteiger partial charge in [-0.2, -0.15) is 4.57 Å². The summed E-state index contributed by atoms with van der Waals surface area (Å²) < 4.78 is 9.01. The smallest absolute Gasteiger partial charge is 0.243 e. The van der Waals surface area contributed by atoms with Gasteiger partial charge in [0.05, 0.1) is 34.0 Å². The fourth-order valence-electron chi connectivity index (χ4n) is 4.53. The van der Waals surface area contributed by atoms with Gasteiger partial charge in [0.1, 0.15) is 11.6 Å². The quantitative estimate of drug-likeness (QED) is 0.761. The average molecular weight is 416 g/mol. The number of anilines is 1. The van der Waals surface area contributed by atoms with Crippen LogP contribution in [0, 0.1) is 12.8 Å². The molecule has 0 saturated heterocycles. The van der Waals surface area contributed by atoms with Crippen molar-refractivity contribution in [1.82, 2.24) is 9.97 Å². The number of hydrogen-bond acceptors (Lipinski definition) is 5. The van der Waals surface area contributed by atoms with Crippen LogP contribution in [0.1, 0.15) is 87.8 Å². The Hall–Kier alpha value is -1.53. The zero-order valence-corrected chi connectivity index (χ0v) is 19.9. The van der Waals surface area contributed by atoms with Gasteiger partial charge in [0, 0.05) is 11.6 Å². The van der Waals surface area contributed by atoms with Gasteiger partial charge >= 0.3 is 0 Å². The number of rotatable bonds is 3. The Labute approximate surface area is 178 Å². The van der Waals surface area contributed by atoms with Crippen LogP contribution in [0.2, 0.25) is 0 Å². The van der Waals surface area contributed by atoms with Crippen molar-refractivity contribution >= 4 is 17.2 Å². The SMILES string of the molecule is Cc1ncc(C[n+]2c3sc(c2C2(C)CC2C)C(C)(C)C(C)(C)OCC3C)c(N)n1. The van der Waals surface area contributed by atoms with Crippen molar-refractivity contribution in [2.75, 3.05) is 12.3 Å². The fourth-order valence-corrected chi connectivity index (χ4v) is 6.21. The van der Waals surface area contributed by atoms with Crippen molar-refractivity contribution in [2.45, 2.75) is 90.7 Å². The first-order valence-electron chi connectivity index (χ1n) is 10.7. The Balaban J connectivity index is 1.95. The summed E-state index contributed by atoms with van der Waals surface area (Å²) in [6, 6.07) is 0. The molecule has 1 aliphatic heterocycles. The van der Waals surface area contributed by atoms with Gasteiger partial charge in [-0.3, -0.25) is 0 Å². The van der Waals surface area contributed by atoms with Gasteiger partial charge in [0.2, 0.25) is 10.7 Å². The number of fused-ring (bicyclic) bond motifs is 2. The predicted octanol–water partition coefficient (Wildman–Crippen LogP) is 4.25. The van der Waals surface area contributed by atoms with Gasteiger partial charge in [-0.1, -0.05) is 32.1 Å². The Morgan fingerprint density at radius 3 is 2.48 bits per heavy atom. The number of hydrogen-bond donors (Lipinski definition) is 1. The molecule has 2 aromatic heterocycles. The third-order valence-corrected chi connectivity index (χ3v) is 9.43. The zero-order chi connectivity index (χ0) is 21.4. The third-order valence-electron chi connectivity index (χ3n) is 7.69. The van der Waals surface area contributed by atoms with E-state index < -0.39 is 0 Å². The lowest BCUT2D eigenvalue weighted by atomic mass is 9.73. The maximum absolute atomic E-state index is 6.48. The van der Waals surface area contributed by atoms with Gasteiger partial charge in [0.25, 0.3) is 0 Å². The van der Waals surface area contributed by atoms with E-state index in [9.17, 15) is 0 Å². The molecule has 0 aromatic carbocycles. The lowest BCUT2D eigenvalue weighted by Gasteiger charge is -2.41. The summed E-state index contributed by atoms with van der Waals surface area (Å²) in [7, 11) is 0. The molecule has 158 valence electrons. The molecule has 2 bridgehead atoms. The molecule has 6 heteroatoms. The highest BCUT2D eigenvalue weighted by atomic mass is 32.1. The lowest BCUT2D eigenvalue weighted by molar-refractivity contribution is -0.701. The number of ether oxygens (including phenoxy) is 1. The molecule has 0 spiro atoms. The molecule has 3 atom stereocenters. The maximum Gasteiger partial charge on any atom is 0.243 e. The normalized spacial score (nSPS) is 29.9. The number of nitrogens with two attached hydrogens (primary N) is 1. The summed E-state index contributed by atoms with van der Waals surface area (Å²) in [6.45, 7) is 19.5. The second kappa shape index (κ2) is 6.48. The van der Waals surface area contributed by atoms with E-state index in [1.54, 1.807) is 0 Å². The molecule has 3 heterocycles. The van der Waals surface area contributed by atoms with E-state index in [4.69, 9.17) is 10.5 Å². The molecule has 1 fully saturated rings. The number of thiazole rings is 1. The molecule has 0 radical (unpaired) electrons. The van der Waals surface area contributed by atoms with Crippen molar-refractivity contribution in [3.05, 3.63) is 33.2 Å². The van der Waals surface area contributed by atoms with Gasteiger partial charge in [-0.25, -0.2) is 9.97 Å². The number of nitrogen functional groups attached to an aromatic ring is 1. The molecule has 29 heavy (non-hydrogen) atoms. The minimum Gasteiger partial charge on any atom is -0.383 e. The summed E-state index contributed by atoms with van der Waals surface area (Å²) >= 11 is 1.98. The van der Waals surface area contributed by atoms with Gasteiger partial charge in [0.15, 0.2) is 6.54 Å². The van der Waals surface area contributed by atoms with Gasteiger partial charge in [-0.05, 0) is 47.0 Å². The maximum atomic E-state index is 6.48. The van der Waals surface area contributed by atoms with Crippen LogP contribution in [0.5, 0.6) is 0 Å². The van der Waals surface area contributed by atoms with Crippen LogP contribution >= 0.6 is 11.3 Å². The van der Waals surface area contributed by atoms with Crippen molar-refractivity contribution < 1.29 is 9.30 Å². The highest BCUT2D eigenvalue weighted by molar-refractivity contribution is 7.11. The highest BCUT2D eigenvalue weighted by Gasteiger charge is 2.60. The molecular formula is C23H35N4OS+. The first kappa shape index (κ1) is 20.7. The summed E-state index contributed by atoms with van der Waals surface area (Å²) in [5.41, 5.74) is 8.63. The summed E-state index contributed by atoms with van der Waals surface area (Å²) in [4.78, 5) is 10.3. The van der Waals surface area contributed by atoms with Crippen LogP contribution in [0.15, 0.2) is 6.20 Å². The van der Waals surface area contributed by atoms with Crippen LogP contribution in [0.4, 0.5) is 5.82 Å². The molecular weight excluding hydrogens is 380 g/mol. The van der Waals surface area contributed by atoms with Crippen molar-refractivity contribution in [3.8, 4) is 0 Å². The van der Waals surface area contributed by atoms with Crippen LogP contribution in [0.3, 0.4) is 0 Å². The minimum atomic E-state index is -0.239. The van der Waals surface area contributed by atoms with Gasteiger partial charge in [-0.15, -0.1) is 0 Å². The fraction of sp³-hybridized carbons (Fsp3) is 0.696. The third kappa shape index (κ3) is 3.10. The second-order valence-corrected chi connectivity index (χ2v) is 11.4. The summed E-state index contributed by atoms with van der Waals surface area (Å²) in [5, 5.41) is 1.37. The van der Waals surface area contributed by atoms with E-state index in [1.165, 1.54) is 22.0 Å². The van der Waals surface area contributed by atoms with Crippen LogP contribution < -0.4 is 10.3 Å². The summed E-state index contributed by atoms with van der Waals surface area (Å²) in [5.74, 6) is 2.31. The topological polar surface area (TPSA) is 64.9 Å². The number of nitrogens with zero attached hydrogens (tertiary/aromatic N) is 3. The lowest BCUT2D eigenvalue weighted by Crippen LogP contribution is -2.47. The molecule has 3 unspecified atom stereocenters. The molecule has 1 saturated carbocycles. The Bertz CT molecular complexity index is 964. The van der Waals surface area contributed by atoms with E-state index in [-0.39, 0.29) is 16.4 Å². The molecule has 5 nitrogen and oxygen atoms in total. The van der Waals surface area contributed by atoms with E-state index in [1.807, 2.05) is 24.5 Å². The minimum absolute atomic E-state index is 0.0895. The van der Waals surface area contributed by atoms with E-state index in [2.05, 4.69) is 63.0 Å². The largest absolute Gasteiger partial charge is 0.383 e. The van der Waals surface area contributed by atoms with Crippen LogP contribution in [-0.4, -0.2) is 22.2 Å². The standard InChI is InChI=1S/C23H35N4OS/c1-13-12-28-22(6,7)21(4,5)18-17(23(8)9-14(23)2)27(20(13)29-18)11-16-10-25-15(3)26-19(16)24/h10,13-14H,9,11-12H2,1-8H3,(H2,24,25,26)/q+1. The average Bonchev–Trinajstić information content (AvgIpc) is 3.05. The van der Waals surface area contributed by atoms with Crippen LogP contribution in [-0.2, 0) is 22.1 Å².